The van der Waals surface area contributed by atoms with E-state index in [0.717, 1.165) is 5.56 Å². The average molecular weight is 414 g/mol. The zero-order valence-electron chi connectivity index (χ0n) is 15.1. The van der Waals surface area contributed by atoms with Crippen molar-refractivity contribution in [1.29, 1.82) is 0 Å². The standard InChI is InChI=1S/C20H16F2N4O2S/c21-14-3-1-12(2-4-14)9-17-24-25-20(29-17)23-19(28)13-10-18(27)26(11-13)16-7-5-15(22)6-8-16/h1-8,13H,9-11H2,(H,23,25,28)/t13-/m1/s1. The second kappa shape index (κ2) is 8.04. The molecule has 2 amide bonds. The number of aromatic nitrogens is 2. The molecule has 0 radical (unpaired) electrons. The van der Waals surface area contributed by atoms with E-state index in [1.807, 2.05) is 0 Å². The van der Waals surface area contributed by atoms with Crippen molar-refractivity contribution in [1.82, 2.24) is 10.2 Å². The molecule has 2 heterocycles. The van der Waals surface area contributed by atoms with Crippen LogP contribution in [0.2, 0.25) is 0 Å². The highest BCUT2D eigenvalue weighted by atomic mass is 32.1. The summed E-state index contributed by atoms with van der Waals surface area (Å²) in [5, 5.41) is 11.8. The summed E-state index contributed by atoms with van der Waals surface area (Å²) in [5.41, 5.74) is 1.45. The van der Waals surface area contributed by atoms with Gasteiger partial charge in [-0.1, -0.05) is 23.5 Å². The lowest BCUT2D eigenvalue weighted by atomic mass is 10.1. The van der Waals surface area contributed by atoms with Crippen molar-refractivity contribution in [3.05, 3.63) is 70.7 Å². The molecule has 0 spiro atoms. The van der Waals surface area contributed by atoms with E-state index in [-0.39, 0.29) is 36.4 Å². The zero-order chi connectivity index (χ0) is 20.4. The number of carbonyl (C=O) groups is 2. The first-order valence-electron chi connectivity index (χ1n) is 8.91. The first-order chi connectivity index (χ1) is 14.0. The molecule has 6 nitrogen and oxygen atoms in total. The molecule has 1 saturated heterocycles. The number of rotatable bonds is 5. The summed E-state index contributed by atoms with van der Waals surface area (Å²) in [7, 11) is 0. The molecule has 1 aromatic heterocycles. The van der Waals surface area contributed by atoms with Gasteiger partial charge in [-0.2, -0.15) is 0 Å². The lowest BCUT2D eigenvalue weighted by Gasteiger charge is -2.16. The summed E-state index contributed by atoms with van der Waals surface area (Å²) in [5.74, 6) is -1.72. The zero-order valence-corrected chi connectivity index (χ0v) is 16.0. The predicted molar refractivity (Wildman–Crippen MR) is 105 cm³/mol. The van der Waals surface area contributed by atoms with E-state index in [1.54, 1.807) is 12.1 Å². The second-order valence-corrected chi connectivity index (χ2v) is 7.74. The Bertz CT molecular complexity index is 1040. The van der Waals surface area contributed by atoms with Gasteiger partial charge in [-0.3, -0.25) is 9.59 Å². The summed E-state index contributed by atoms with van der Waals surface area (Å²) in [6, 6.07) is 11.7. The molecule has 0 unspecified atom stereocenters. The maximum atomic E-state index is 13.1. The van der Waals surface area contributed by atoms with Gasteiger partial charge in [0.1, 0.15) is 16.6 Å². The Hall–Kier alpha value is -3.20. The second-order valence-electron chi connectivity index (χ2n) is 6.68. The van der Waals surface area contributed by atoms with Crippen LogP contribution in [0.3, 0.4) is 0 Å². The van der Waals surface area contributed by atoms with Crippen molar-refractivity contribution in [2.75, 3.05) is 16.8 Å². The minimum absolute atomic E-state index is 0.0739. The van der Waals surface area contributed by atoms with Crippen LogP contribution in [0.15, 0.2) is 48.5 Å². The normalized spacial score (nSPS) is 16.3. The van der Waals surface area contributed by atoms with Gasteiger partial charge in [0.05, 0.1) is 5.92 Å². The van der Waals surface area contributed by atoms with Gasteiger partial charge in [-0.15, -0.1) is 10.2 Å². The largest absolute Gasteiger partial charge is 0.312 e. The van der Waals surface area contributed by atoms with Crippen LogP contribution >= 0.6 is 11.3 Å². The summed E-state index contributed by atoms with van der Waals surface area (Å²) in [4.78, 5) is 26.3. The first kappa shape index (κ1) is 19.1. The predicted octanol–water partition coefficient (Wildman–Crippen LogP) is 3.40. The monoisotopic (exact) mass is 414 g/mol. The molecule has 4 rings (SSSR count). The molecule has 1 atom stereocenters. The van der Waals surface area contributed by atoms with Crippen molar-refractivity contribution in [2.24, 2.45) is 5.92 Å². The lowest BCUT2D eigenvalue weighted by molar-refractivity contribution is -0.122. The van der Waals surface area contributed by atoms with E-state index in [2.05, 4.69) is 15.5 Å². The third kappa shape index (κ3) is 4.45. The number of nitrogens with one attached hydrogen (secondary N) is 1. The number of hydrogen-bond donors (Lipinski definition) is 1. The molecule has 1 fully saturated rings. The first-order valence-corrected chi connectivity index (χ1v) is 9.73. The molecule has 1 aliphatic heterocycles. The smallest absolute Gasteiger partial charge is 0.231 e. The Morgan fingerprint density at radius 1 is 1.07 bits per heavy atom. The Balaban J connectivity index is 1.37. The maximum Gasteiger partial charge on any atom is 0.231 e. The third-order valence-corrected chi connectivity index (χ3v) is 5.44. The van der Waals surface area contributed by atoms with Crippen molar-refractivity contribution >= 4 is 34.0 Å². The van der Waals surface area contributed by atoms with Gasteiger partial charge in [0, 0.05) is 25.1 Å². The van der Waals surface area contributed by atoms with Gasteiger partial charge in [0.25, 0.3) is 0 Å². The fourth-order valence-corrected chi connectivity index (χ4v) is 3.89. The minimum atomic E-state index is -0.531. The Morgan fingerprint density at radius 3 is 2.41 bits per heavy atom. The number of halogens is 2. The van der Waals surface area contributed by atoms with Crippen molar-refractivity contribution in [3.63, 3.8) is 0 Å². The van der Waals surface area contributed by atoms with Crippen molar-refractivity contribution in [2.45, 2.75) is 12.8 Å². The van der Waals surface area contributed by atoms with Gasteiger partial charge >= 0.3 is 0 Å². The van der Waals surface area contributed by atoms with Crippen LogP contribution in [0.5, 0.6) is 0 Å². The van der Waals surface area contributed by atoms with Gasteiger partial charge in [-0.05, 0) is 42.0 Å². The summed E-state index contributed by atoms with van der Waals surface area (Å²) in [6.45, 7) is 0.220. The van der Waals surface area contributed by atoms with Crippen molar-refractivity contribution in [3.8, 4) is 0 Å². The number of anilines is 2. The van der Waals surface area contributed by atoms with Crippen LogP contribution in [-0.4, -0.2) is 28.6 Å². The number of benzene rings is 2. The Kier molecular flexibility index (Phi) is 5.30. The number of nitrogens with zero attached hydrogens (tertiary/aromatic N) is 3. The maximum absolute atomic E-state index is 13.1. The van der Waals surface area contributed by atoms with Crippen LogP contribution in [-0.2, 0) is 16.0 Å². The van der Waals surface area contributed by atoms with E-state index in [1.165, 1.54) is 52.6 Å². The third-order valence-electron chi connectivity index (χ3n) is 4.60. The average Bonchev–Trinajstić information content (AvgIpc) is 3.31. The lowest BCUT2D eigenvalue weighted by Crippen LogP contribution is -2.28. The van der Waals surface area contributed by atoms with Gasteiger partial charge in [0.15, 0.2) is 0 Å². The Morgan fingerprint density at radius 2 is 1.72 bits per heavy atom. The van der Waals surface area contributed by atoms with Gasteiger partial charge in [-0.25, -0.2) is 8.78 Å². The van der Waals surface area contributed by atoms with Crippen LogP contribution < -0.4 is 10.2 Å². The number of amides is 2. The van der Waals surface area contributed by atoms with Crippen LogP contribution in [0.4, 0.5) is 19.6 Å². The highest BCUT2D eigenvalue weighted by Gasteiger charge is 2.35. The van der Waals surface area contributed by atoms with E-state index in [0.29, 0.717) is 22.2 Å². The van der Waals surface area contributed by atoms with Crippen LogP contribution in [0.1, 0.15) is 17.0 Å². The fraction of sp³-hybridized carbons (Fsp3) is 0.200. The van der Waals surface area contributed by atoms with Gasteiger partial charge < -0.3 is 10.2 Å². The molecule has 3 aromatic rings. The van der Waals surface area contributed by atoms with E-state index >= 15 is 0 Å². The quantitative estimate of drug-likeness (QED) is 0.694. The molecule has 1 aliphatic rings. The molecule has 29 heavy (non-hydrogen) atoms. The molecule has 0 saturated carbocycles. The summed E-state index contributed by atoms with van der Waals surface area (Å²) in [6.07, 6.45) is 0.554. The van der Waals surface area contributed by atoms with E-state index in [9.17, 15) is 18.4 Å². The molecule has 0 aliphatic carbocycles. The van der Waals surface area contributed by atoms with Crippen molar-refractivity contribution < 1.29 is 18.4 Å². The topological polar surface area (TPSA) is 75.2 Å². The van der Waals surface area contributed by atoms with Gasteiger partial charge in [0.2, 0.25) is 16.9 Å². The summed E-state index contributed by atoms with van der Waals surface area (Å²) < 4.78 is 26.1. The molecule has 1 N–H and O–H groups in total. The highest BCUT2D eigenvalue weighted by Crippen LogP contribution is 2.27. The van der Waals surface area contributed by atoms with E-state index in [4.69, 9.17) is 0 Å². The molecular weight excluding hydrogens is 398 g/mol. The fourth-order valence-electron chi connectivity index (χ4n) is 3.11. The molecule has 2 aromatic carbocycles. The highest BCUT2D eigenvalue weighted by molar-refractivity contribution is 7.15. The number of hydrogen-bond acceptors (Lipinski definition) is 5. The molecule has 0 bridgehead atoms. The SMILES string of the molecule is O=C(Nc1nnc(Cc2ccc(F)cc2)s1)[C@@H]1CC(=O)N(c2ccc(F)cc2)C1. The van der Waals surface area contributed by atoms with Crippen LogP contribution in [0, 0.1) is 17.6 Å². The molecule has 148 valence electrons. The molecular formula is C20H16F2N4O2S. The Labute approximate surface area is 169 Å². The molecule has 9 heteroatoms. The van der Waals surface area contributed by atoms with E-state index < -0.39 is 5.92 Å². The minimum Gasteiger partial charge on any atom is -0.312 e. The number of carbonyl (C=O) groups excluding carboxylic acids is 2. The van der Waals surface area contributed by atoms with Crippen LogP contribution in [0.25, 0.3) is 0 Å². The summed E-state index contributed by atoms with van der Waals surface area (Å²) >= 11 is 1.23.